The van der Waals surface area contributed by atoms with Crippen LogP contribution in [0.4, 0.5) is 11.9 Å². The van der Waals surface area contributed by atoms with Gasteiger partial charge in [-0.05, 0) is 13.8 Å². The summed E-state index contributed by atoms with van der Waals surface area (Å²) in [4.78, 5) is 13.8. The molecule has 0 saturated carbocycles. The van der Waals surface area contributed by atoms with Gasteiger partial charge in [0.25, 0.3) is 0 Å². The lowest BCUT2D eigenvalue weighted by atomic mass is 10.5. The predicted molar refractivity (Wildman–Crippen MR) is 83.3 cm³/mol. The van der Waals surface area contributed by atoms with Crippen LogP contribution >= 0.6 is 11.8 Å². The molecule has 2 N–H and O–H groups in total. The van der Waals surface area contributed by atoms with Gasteiger partial charge >= 0.3 is 6.01 Å². The molecule has 0 aromatic carbocycles. The molecule has 0 spiro atoms. The molecule has 0 bridgehead atoms. The minimum absolute atomic E-state index is 0.0149. The lowest BCUT2D eigenvalue weighted by Crippen LogP contribution is -2.48. The summed E-state index contributed by atoms with van der Waals surface area (Å²) in [7, 11) is -3.25. The van der Waals surface area contributed by atoms with Gasteiger partial charge in [0.05, 0.1) is 6.10 Å². The van der Waals surface area contributed by atoms with Gasteiger partial charge in [0, 0.05) is 24.3 Å². The highest BCUT2D eigenvalue weighted by Gasteiger charge is 2.33. The van der Waals surface area contributed by atoms with E-state index < -0.39 is 15.2 Å². The molecule has 0 amide bonds. The van der Waals surface area contributed by atoms with Crippen LogP contribution in [0.15, 0.2) is 0 Å². The molecular formula is C11H19N5O3S2. The van der Waals surface area contributed by atoms with Crippen molar-refractivity contribution in [2.45, 2.75) is 25.3 Å². The van der Waals surface area contributed by atoms with E-state index >= 15 is 0 Å². The second-order valence-electron chi connectivity index (χ2n) is 5.00. The summed E-state index contributed by atoms with van der Waals surface area (Å²) in [6.45, 7) is 4.22. The van der Waals surface area contributed by atoms with Gasteiger partial charge in [-0.1, -0.05) is 0 Å². The molecule has 8 nitrogen and oxygen atoms in total. The van der Waals surface area contributed by atoms with Crippen LogP contribution in [0.5, 0.6) is 6.01 Å². The second kappa shape index (κ2) is 6.22. The van der Waals surface area contributed by atoms with Crippen molar-refractivity contribution in [3.63, 3.8) is 0 Å². The molecule has 1 aliphatic heterocycles. The number of hydrogen-bond donors (Lipinski definition) is 1. The summed E-state index contributed by atoms with van der Waals surface area (Å²) in [5.74, 6) is 1.54. The quantitative estimate of drug-likeness (QED) is 0.823. The van der Waals surface area contributed by atoms with E-state index in [4.69, 9.17) is 10.5 Å². The minimum atomic E-state index is -3.25. The maximum Gasteiger partial charge on any atom is 0.323 e. The van der Waals surface area contributed by atoms with E-state index in [0.717, 1.165) is 5.75 Å². The summed E-state index contributed by atoms with van der Waals surface area (Å²) in [6, 6.07) is 0.109. The first kappa shape index (κ1) is 16.1. The van der Waals surface area contributed by atoms with Crippen LogP contribution in [-0.2, 0) is 9.84 Å². The SMILES string of the molecule is CC(C)Oc1nc(N)nc(N2CCSCC2S(C)(=O)=O)n1. The molecule has 10 heteroatoms. The minimum Gasteiger partial charge on any atom is -0.461 e. The van der Waals surface area contributed by atoms with Crippen molar-refractivity contribution >= 4 is 33.5 Å². The molecule has 1 fully saturated rings. The van der Waals surface area contributed by atoms with Crippen LogP contribution in [-0.4, -0.2) is 59.2 Å². The fourth-order valence-corrected chi connectivity index (χ4v) is 4.73. The van der Waals surface area contributed by atoms with Crippen molar-refractivity contribution in [2.75, 3.05) is 34.9 Å². The van der Waals surface area contributed by atoms with E-state index in [0.29, 0.717) is 12.3 Å². The van der Waals surface area contributed by atoms with Gasteiger partial charge in [-0.15, -0.1) is 0 Å². The van der Waals surface area contributed by atoms with E-state index in [2.05, 4.69) is 15.0 Å². The van der Waals surface area contributed by atoms with Gasteiger partial charge in [-0.25, -0.2) is 8.42 Å². The summed E-state index contributed by atoms with van der Waals surface area (Å²) in [5.41, 5.74) is 5.67. The van der Waals surface area contributed by atoms with Crippen molar-refractivity contribution in [3.05, 3.63) is 0 Å². The number of thioether (sulfide) groups is 1. The maximum atomic E-state index is 11.9. The zero-order valence-corrected chi connectivity index (χ0v) is 13.8. The second-order valence-corrected chi connectivity index (χ2v) is 8.35. The third-order valence-corrected chi connectivity index (χ3v) is 5.44. The van der Waals surface area contributed by atoms with Gasteiger partial charge < -0.3 is 15.4 Å². The predicted octanol–water partition coefficient (Wildman–Crippen LogP) is 0.165. The Labute approximate surface area is 128 Å². The summed E-state index contributed by atoms with van der Waals surface area (Å²) in [6.07, 6.45) is 1.11. The molecule has 0 radical (unpaired) electrons. The largest absolute Gasteiger partial charge is 0.461 e. The van der Waals surface area contributed by atoms with E-state index in [9.17, 15) is 8.42 Å². The maximum absolute atomic E-state index is 11.9. The fraction of sp³-hybridized carbons (Fsp3) is 0.727. The lowest BCUT2D eigenvalue weighted by Gasteiger charge is -2.33. The molecule has 0 aliphatic carbocycles. The molecular weight excluding hydrogens is 314 g/mol. The molecule has 21 heavy (non-hydrogen) atoms. The first-order valence-electron chi connectivity index (χ1n) is 6.49. The highest BCUT2D eigenvalue weighted by molar-refractivity contribution is 8.01. The van der Waals surface area contributed by atoms with Crippen LogP contribution in [0.1, 0.15) is 13.8 Å². The average Bonchev–Trinajstić information content (AvgIpc) is 2.36. The number of nitrogens with two attached hydrogens (primary N) is 1. The first-order valence-corrected chi connectivity index (χ1v) is 9.60. The number of hydrogen-bond acceptors (Lipinski definition) is 9. The van der Waals surface area contributed by atoms with E-state index in [1.54, 1.807) is 16.7 Å². The monoisotopic (exact) mass is 333 g/mol. The van der Waals surface area contributed by atoms with E-state index in [1.165, 1.54) is 6.26 Å². The molecule has 1 aliphatic rings. The fourth-order valence-electron chi connectivity index (χ4n) is 1.92. The van der Waals surface area contributed by atoms with Crippen LogP contribution in [0.2, 0.25) is 0 Å². The normalized spacial score (nSPS) is 19.8. The van der Waals surface area contributed by atoms with Gasteiger partial charge in [-0.3, -0.25) is 0 Å². The van der Waals surface area contributed by atoms with E-state index in [-0.39, 0.29) is 24.0 Å². The number of aromatic nitrogens is 3. The average molecular weight is 333 g/mol. The number of nitrogen functional groups attached to an aromatic ring is 1. The standard InChI is InChI=1S/C11H19N5O3S2/c1-7(2)19-11-14-9(12)13-10(15-11)16-4-5-20-6-8(16)21(3,17)18/h7-8H,4-6H2,1-3H3,(H2,12,13,14,15). The highest BCUT2D eigenvalue weighted by Crippen LogP contribution is 2.25. The number of ether oxygens (including phenoxy) is 1. The third-order valence-electron chi connectivity index (χ3n) is 2.80. The van der Waals surface area contributed by atoms with Crippen molar-refractivity contribution in [1.29, 1.82) is 0 Å². The third kappa shape index (κ3) is 4.10. The smallest absolute Gasteiger partial charge is 0.323 e. The number of sulfone groups is 1. The molecule has 2 heterocycles. The number of rotatable bonds is 4. The van der Waals surface area contributed by atoms with Crippen LogP contribution in [0, 0.1) is 0 Å². The van der Waals surface area contributed by atoms with Gasteiger partial charge in [0.2, 0.25) is 11.9 Å². The zero-order valence-electron chi connectivity index (χ0n) is 12.2. The molecule has 1 atom stereocenters. The molecule has 1 saturated heterocycles. The Morgan fingerprint density at radius 3 is 2.71 bits per heavy atom. The van der Waals surface area contributed by atoms with Crippen LogP contribution in [0.25, 0.3) is 0 Å². The molecule has 1 aromatic rings. The van der Waals surface area contributed by atoms with Gasteiger partial charge in [0.15, 0.2) is 9.84 Å². The Bertz CT molecular complexity index is 608. The number of anilines is 2. The van der Waals surface area contributed by atoms with Crippen molar-refractivity contribution in [2.24, 2.45) is 0 Å². The summed E-state index contributed by atoms with van der Waals surface area (Å²) >= 11 is 1.59. The Kier molecular flexibility index (Phi) is 4.77. The number of nitrogens with zero attached hydrogens (tertiary/aromatic N) is 4. The topological polar surface area (TPSA) is 111 Å². The summed E-state index contributed by atoms with van der Waals surface area (Å²) < 4.78 is 29.3. The van der Waals surface area contributed by atoms with Crippen LogP contribution < -0.4 is 15.4 Å². The summed E-state index contributed by atoms with van der Waals surface area (Å²) in [5, 5.41) is -0.662. The van der Waals surface area contributed by atoms with Crippen molar-refractivity contribution in [1.82, 2.24) is 15.0 Å². The van der Waals surface area contributed by atoms with Gasteiger partial charge in [-0.2, -0.15) is 26.7 Å². The molecule has 2 rings (SSSR count). The molecule has 1 unspecified atom stereocenters. The Morgan fingerprint density at radius 1 is 1.38 bits per heavy atom. The Morgan fingerprint density at radius 2 is 2.10 bits per heavy atom. The van der Waals surface area contributed by atoms with E-state index in [1.807, 2.05) is 13.8 Å². The van der Waals surface area contributed by atoms with Crippen LogP contribution in [0.3, 0.4) is 0 Å². The zero-order chi connectivity index (χ0) is 15.6. The van der Waals surface area contributed by atoms with Crippen molar-refractivity contribution in [3.8, 4) is 6.01 Å². The van der Waals surface area contributed by atoms with Crippen molar-refractivity contribution < 1.29 is 13.2 Å². The Hall–Kier alpha value is -1.29. The lowest BCUT2D eigenvalue weighted by molar-refractivity contribution is 0.222. The van der Waals surface area contributed by atoms with Gasteiger partial charge in [0.1, 0.15) is 5.37 Å². The highest BCUT2D eigenvalue weighted by atomic mass is 32.2. The Balaban J connectivity index is 2.36. The first-order chi connectivity index (χ1) is 9.77. The molecule has 1 aromatic heterocycles. The molecule has 118 valence electrons.